The molecule has 0 aromatic carbocycles. The van der Waals surface area contributed by atoms with Gasteiger partial charge in [-0.3, -0.25) is 0 Å². The van der Waals surface area contributed by atoms with E-state index in [0.717, 1.165) is 30.9 Å². The van der Waals surface area contributed by atoms with E-state index in [2.05, 4.69) is 19.8 Å². The molecule has 0 atom stereocenters. The summed E-state index contributed by atoms with van der Waals surface area (Å²) in [4.78, 5) is 12.5. The predicted molar refractivity (Wildman–Crippen MR) is 71.0 cm³/mol. The van der Waals surface area contributed by atoms with Crippen molar-refractivity contribution in [3.63, 3.8) is 0 Å². The topological polar surface area (TPSA) is 84.3 Å². The molecule has 1 aromatic rings. The molecule has 4 N–H and O–H groups in total. The van der Waals surface area contributed by atoms with Gasteiger partial charge in [0.25, 0.3) is 0 Å². The summed E-state index contributed by atoms with van der Waals surface area (Å²) in [5, 5.41) is 0. The second kappa shape index (κ2) is 6.36. The van der Waals surface area contributed by atoms with Gasteiger partial charge in [-0.25, -0.2) is 4.98 Å². The van der Waals surface area contributed by atoms with Gasteiger partial charge < -0.3 is 21.3 Å². The van der Waals surface area contributed by atoms with Crippen molar-refractivity contribution in [1.29, 1.82) is 0 Å². The highest BCUT2D eigenvalue weighted by Gasteiger charge is 2.10. The van der Waals surface area contributed by atoms with Crippen LogP contribution < -0.4 is 16.4 Å². The molecule has 0 fully saturated rings. The van der Waals surface area contributed by atoms with E-state index in [0.29, 0.717) is 12.5 Å². The van der Waals surface area contributed by atoms with Crippen LogP contribution in [0.3, 0.4) is 0 Å². The standard InChI is InChI=1S/C11H22N6/c1-16(2)6-7-17(3)10-9(4-5-12)8-14-11(13)15-10/h8H,4-7,12H2,1-3H3,(H2,13,14,15). The number of anilines is 2. The Labute approximate surface area is 103 Å². The van der Waals surface area contributed by atoms with Crippen molar-refractivity contribution in [2.75, 3.05) is 51.4 Å². The Morgan fingerprint density at radius 2 is 1.94 bits per heavy atom. The van der Waals surface area contributed by atoms with E-state index in [1.165, 1.54) is 0 Å². The summed E-state index contributed by atoms with van der Waals surface area (Å²) in [6.45, 7) is 2.44. The number of nitrogen functional groups attached to an aromatic ring is 1. The summed E-state index contributed by atoms with van der Waals surface area (Å²) in [5.74, 6) is 1.18. The number of hydrogen-bond donors (Lipinski definition) is 2. The first-order valence-electron chi connectivity index (χ1n) is 5.72. The molecule has 6 nitrogen and oxygen atoms in total. The van der Waals surface area contributed by atoms with Crippen LogP contribution in [0, 0.1) is 0 Å². The monoisotopic (exact) mass is 238 g/mol. The van der Waals surface area contributed by atoms with Crippen molar-refractivity contribution in [2.45, 2.75) is 6.42 Å². The first kappa shape index (κ1) is 13.7. The van der Waals surface area contributed by atoms with Gasteiger partial charge >= 0.3 is 0 Å². The molecular formula is C11H22N6. The minimum absolute atomic E-state index is 0.303. The third-order valence-electron chi connectivity index (χ3n) is 2.52. The van der Waals surface area contributed by atoms with Crippen molar-refractivity contribution >= 4 is 11.8 Å². The third kappa shape index (κ3) is 4.16. The highest BCUT2D eigenvalue weighted by molar-refractivity contribution is 5.48. The molecule has 1 aromatic heterocycles. The zero-order valence-electron chi connectivity index (χ0n) is 10.8. The fourth-order valence-electron chi connectivity index (χ4n) is 1.53. The molecule has 6 heteroatoms. The fourth-order valence-corrected chi connectivity index (χ4v) is 1.53. The van der Waals surface area contributed by atoms with Crippen LogP contribution in [0.2, 0.25) is 0 Å². The van der Waals surface area contributed by atoms with Crippen LogP contribution in [0.15, 0.2) is 6.20 Å². The van der Waals surface area contributed by atoms with Gasteiger partial charge in [0.2, 0.25) is 5.95 Å². The number of rotatable bonds is 6. The predicted octanol–water partition coefficient (Wildman–Crippen LogP) is -0.442. The van der Waals surface area contributed by atoms with Crippen molar-refractivity contribution in [3.05, 3.63) is 11.8 Å². The van der Waals surface area contributed by atoms with E-state index in [1.807, 2.05) is 21.1 Å². The maximum atomic E-state index is 5.63. The zero-order chi connectivity index (χ0) is 12.8. The molecule has 0 saturated carbocycles. The van der Waals surface area contributed by atoms with Crippen LogP contribution in [0.5, 0.6) is 0 Å². The van der Waals surface area contributed by atoms with Gasteiger partial charge in [-0.15, -0.1) is 0 Å². The van der Waals surface area contributed by atoms with Gasteiger partial charge in [-0.2, -0.15) is 4.98 Å². The molecule has 0 saturated heterocycles. The average molecular weight is 238 g/mol. The maximum absolute atomic E-state index is 5.63. The quantitative estimate of drug-likeness (QED) is 0.699. The van der Waals surface area contributed by atoms with Gasteiger partial charge in [0, 0.05) is 31.9 Å². The molecule has 0 aliphatic rings. The van der Waals surface area contributed by atoms with Gasteiger partial charge in [0.15, 0.2) is 0 Å². The normalized spacial score (nSPS) is 10.9. The lowest BCUT2D eigenvalue weighted by Gasteiger charge is -2.22. The molecule has 1 heterocycles. The summed E-state index contributed by atoms with van der Waals surface area (Å²) in [7, 11) is 6.09. The van der Waals surface area contributed by atoms with Crippen molar-refractivity contribution in [2.24, 2.45) is 5.73 Å². The van der Waals surface area contributed by atoms with Crippen molar-refractivity contribution in [3.8, 4) is 0 Å². The summed E-state index contributed by atoms with van der Waals surface area (Å²) < 4.78 is 0. The molecule has 0 spiro atoms. The molecule has 1 rings (SSSR count). The van der Waals surface area contributed by atoms with Gasteiger partial charge in [0.1, 0.15) is 5.82 Å². The molecule has 0 amide bonds. The van der Waals surface area contributed by atoms with Crippen LogP contribution in [0.4, 0.5) is 11.8 Å². The SMILES string of the molecule is CN(C)CCN(C)c1nc(N)ncc1CCN. The van der Waals surface area contributed by atoms with Gasteiger partial charge in [0.05, 0.1) is 0 Å². The largest absolute Gasteiger partial charge is 0.368 e. The molecule has 96 valence electrons. The lowest BCUT2D eigenvalue weighted by atomic mass is 10.2. The number of aromatic nitrogens is 2. The molecule has 17 heavy (non-hydrogen) atoms. The first-order valence-corrected chi connectivity index (χ1v) is 5.72. The second-order valence-electron chi connectivity index (χ2n) is 4.34. The Hall–Kier alpha value is -1.40. The zero-order valence-corrected chi connectivity index (χ0v) is 10.8. The maximum Gasteiger partial charge on any atom is 0.221 e. The van der Waals surface area contributed by atoms with Crippen LogP contribution in [0.25, 0.3) is 0 Å². The molecule has 0 radical (unpaired) electrons. The minimum Gasteiger partial charge on any atom is -0.368 e. The lowest BCUT2D eigenvalue weighted by molar-refractivity contribution is 0.416. The van der Waals surface area contributed by atoms with Crippen LogP contribution in [-0.2, 0) is 6.42 Å². The van der Waals surface area contributed by atoms with Gasteiger partial charge in [-0.1, -0.05) is 0 Å². The summed E-state index contributed by atoms with van der Waals surface area (Å²) in [6, 6.07) is 0. The van der Waals surface area contributed by atoms with Crippen LogP contribution in [-0.4, -0.2) is 55.6 Å². The number of hydrogen-bond acceptors (Lipinski definition) is 6. The first-order chi connectivity index (χ1) is 8.04. The van der Waals surface area contributed by atoms with Crippen LogP contribution >= 0.6 is 0 Å². The number of likely N-dealkylation sites (N-methyl/N-ethyl adjacent to an activating group) is 2. The average Bonchev–Trinajstić information content (AvgIpc) is 2.28. The summed E-state index contributed by atoms with van der Waals surface area (Å²) in [6.07, 6.45) is 2.53. The van der Waals surface area contributed by atoms with E-state index in [9.17, 15) is 0 Å². The van der Waals surface area contributed by atoms with Crippen molar-refractivity contribution < 1.29 is 0 Å². The van der Waals surface area contributed by atoms with Crippen LogP contribution in [0.1, 0.15) is 5.56 Å². The molecule has 0 aliphatic heterocycles. The third-order valence-corrected chi connectivity index (χ3v) is 2.52. The molecule has 0 unspecified atom stereocenters. The Bertz CT molecular complexity index is 352. The van der Waals surface area contributed by atoms with E-state index in [1.54, 1.807) is 6.20 Å². The van der Waals surface area contributed by atoms with E-state index < -0.39 is 0 Å². The number of nitrogens with two attached hydrogens (primary N) is 2. The lowest BCUT2D eigenvalue weighted by Crippen LogP contribution is -2.30. The Morgan fingerprint density at radius 3 is 2.53 bits per heavy atom. The van der Waals surface area contributed by atoms with E-state index in [4.69, 9.17) is 11.5 Å². The Balaban J connectivity index is 2.81. The second-order valence-corrected chi connectivity index (χ2v) is 4.34. The minimum atomic E-state index is 0.303. The molecule has 0 aliphatic carbocycles. The number of nitrogens with zero attached hydrogens (tertiary/aromatic N) is 4. The Morgan fingerprint density at radius 1 is 1.24 bits per heavy atom. The van der Waals surface area contributed by atoms with Gasteiger partial charge in [-0.05, 0) is 27.1 Å². The Kier molecular flexibility index (Phi) is 5.11. The fraction of sp³-hybridized carbons (Fsp3) is 0.636. The van der Waals surface area contributed by atoms with Crippen molar-refractivity contribution in [1.82, 2.24) is 14.9 Å². The van der Waals surface area contributed by atoms with E-state index >= 15 is 0 Å². The summed E-state index contributed by atoms with van der Waals surface area (Å²) in [5.41, 5.74) is 12.2. The highest BCUT2D eigenvalue weighted by Crippen LogP contribution is 2.16. The van der Waals surface area contributed by atoms with E-state index in [-0.39, 0.29) is 0 Å². The molecule has 0 bridgehead atoms. The molecular weight excluding hydrogens is 216 g/mol. The smallest absolute Gasteiger partial charge is 0.221 e. The highest BCUT2D eigenvalue weighted by atomic mass is 15.2. The summed E-state index contributed by atoms with van der Waals surface area (Å²) >= 11 is 0.